The summed E-state index contributed by atoms with van der Waals surface area (Å²) in [5.41, 5.74) is 3.63. The van der Waals surface area contributed by atoms with Crippen LogP contribution in [0.15, 0.2) is 35.6 Å². The van der Waals surface area contributed by atoms with Gasteiger partial charge in [0.05, 0.1) is 19.5 Å². The number of ether oxygens (including phenoxy) is 2. The van der Waals surface area contributed by atoms with E-state index < -0.39 is 41.7 Å². The fourth-order valence-electron chi connectivity index (χ4n) is 3.10. The van der Waals surface area contributed by atoms with Crippen LogP contribution in [0.4, 0.5) is 18.9 Å². The molecule has 1 aliphatic heterocycles. The summed E-state index contributed by atoms with van der Waals surface area (Å²) >= 11 is 0. The van der Waals surface area contributed by atoms with Crippen LogP contribution in [-0.2, 0) is 10.3 Å². The third-order valence-electron chi connectivity index (χ3n) is 4.72. The molecule has 3 N–H and O–H groups in total. The molecule has 30 heavy (non-hydrogen) atoms. The molecule has 0 spiro atoms. The largest absolute Gasteiger partial charge is 0.480 e. The van der Waals surface area contributed by atoms with Gasteiger partial charge in [-0.05, 0) is 32.0 Å². The van der Waals surface area contributed by atoms with E-state index in [2.05, 4.69) is 20.3 Å². The number of nitrogens with two attached hydrogens (primary N) is 1. The van der Waals surface area contributed by atoms with Crippen molar-refractivity contribution in [3.63, 3.8) is 0 Å². The van der Waals surface area contributed by atoms with E-state index in [-0.39, 0.29) is 22.8 Å². The molecule has 4 atom stereocenters. The Kier molecular flexibility index (Phi) is 5.81. The van der Waals surface area contributed by atoms with Crippen LogP contribution < -0.4 is 15.8 Å². The molecular formula is C19H20F3N5O3. The topological polar surface area (TPSA) is 112 Å². The number of hydrogen-bond donors (Lipinski definition) is 2. The summed E-state index contributed by atoms with van der Waals surface area (Å²) in [5, 5.41) is 2.52. The van der Waals surface area contributed by atoms with E-state index in [0.717, 1.165) is 13.0 Å². The van der Waals surface area contributed by atoms with Crippen molar-refractivity contribution in [2.45, 2.75) is 37.8 Å². The molecule has 11 heteroatoms. The van der Waals surface area contributed by atoms with Gasteiger partial charge in [0.2, 0.25) is 5.88 Å². The minimum absolute atomic E-state index is 0.0177. The number of alkyl halides is 2. The number of aromatic nitrogens is 2. The molecule has 0 saturated heterocycles. The normalized spacial score (nSPS) is 24.4. The molecule has 2 aromatic rings. The van der Waals surface area contributed by atoms with Crippen LogP contribution in [-0.4, -0.2) is 47.5 Å². The van der Waals surface area contributed by atoms with Crippen LogP contribution in [0.1, 0.15) is 29.9 Å². The third kappa shape index (κ3) is 4.00. The standard InChI is InChI=1S/C19H20F3N5O3/c1-9(20)15-16(22)19(2,27-18(23)30-15)11-6-10(4-5-12(11)21)26-17(28)13-7-25-14(29-3)8-24-13/h4-9,15-16H,1-3H3,(H2,23,27)(H,26,28)/t9-,15+,16-,19+/m0/s1. The van der Waals surface area contributed by atoms with Gasteiger partial charge in [0, 0.05) is 11.3 Å². The maximum atomic E-state index is 15.1. The lowest BCUT2D eigenvalue weighted by atomic mass is 9.83. The predicted molar refractivity (Wildman–Crippen MR) is 102 cm³/mol. The molecule has 160 valence electrons. The number of amides is 1. The van der Waals surface area contributed by atoms with Crippen molar-refractivity contribution >= 4 is 17.6 Å². The van der Waals surface area contributed by atoms with Gasteiger partial charge >= 0.3 is 0 Å². The first-order chi connectivity index (χ1) is 14.2. The number of anilines is 1. The second-order valence-electron chi connectivity index (χ2n) is 6.85. The Bertz CT molecular complexity index is 970. The van der Waals surface area contributed by atoms with E-state index in [9.17, 15) is 13.6 Å². The second kappa shape index (κ2) is 8.17. The highest BCUT2D eigenvalue weighted by atomic mass is 19.1. The summed E-state index contributed by atoms with van der Waals surface area (Å²) in [7, 11) is 1.41. The van der Waals surface area contributed by atoms with Gasteiger partial charge in [-0.1, -0.05) is 0 Å². The number of carbonyl (C=O) groups is 1. The Balaban J connectivity index is 1.92. The molecule has 1 aliphatic rings. The van der Waals surface area contributed by atoms with Crippen LogP contribution in [0.25, 0.3) is 0 Å². The zero-order chi connectivity index (χ0) is 22.1. The number of aliphatic imine (C=N–C) groups is 1. The van der Waals surface area contributed by atoms with Gasteiger partial charge in [-0.3, -0.25) is 4.79 Å². The first kappa shape index (κ1) is 21.3. The van der Waals surface area contributed by atoms with E-state index >= 15 is 4.39 Å². The second-order valence-corrected chi connectivity index (χ2v) is 6.85. The number of benzene rings is 1. The lowest BCUT2D eigenvalue weighted by Gasteiger charge is -2.39. The molecule has 0 saturated carbocycles. The summed E-state index contributed by atoms with van der Waals surface area (Å²) in [6, 6.07) is 3.07. The van der Waals surface area contributed by atoms with Crippen LogP contribution in [0.2, 0.25) is 0 Å². The first-order valence-corrected chi connectivity index (χ1v) is 8.93. The Morgan fingerprint density at radius 1 is 1.37 bits per heavy atom. The van der Waals surface area contributed by atoms with E-state index in [1.54, 1.807) is 0 Å². The number of nitrogens with one attached hydrogen (secondary N) is 1. The summed E-state index contributed by atoms with van der Waals surface area (Å²) in [5.74, 6) is -1.20. The van der Waals surface area contributed by atoms with Gasteiger partial charge in [0.25, 0.3) is 11.9 Å². The Hall–Kier alpha value is -3.37. The molecule has 2 heterocycles. The highest BCUT2D eigenvalue weighted by Gasteiger charge is 2.50. The van der Waals surface area contributed by atoms with Crippen LogP contribution in [0.3, 0.4) is 0 Å². The van der Waals surface area contributed by atoms with Crippen molar-refractivity contribution in [3.05, 3.63) is 47.7 Å². The van der Waals surface area contributed by atoms with Gasteiger partial charge < -0.3 is 20.5 Å². The van der Waals surface area contributed by atoms with Gasteiger partial charge in [0.1, 0.15) is 23.2 Å². The van der Waals surface area contributed by atoms with Crippen LogP contribution >= 0.6 is 0 Å². The number of carbonyl (C=O) groups excluding carboxylic acids is 1. The maximum Gasteiger partial charge on any atom is 0.283 e. The van der Waals surface area contributed by atoms with Crippen LogP contribution in [0.5, 0.6) is 5.88 Å². The van der Waals surface area contributed by atoms with E-state index in [1.165, 1.54) is 38.6 Å². The number of rotatable bonds is 5. The molecule has 0 bridgehead atoms. The van der Waals surface area contributed by atoms with Crippen molar-refractivity contribution in [2.75, 3.05) is 12.4 Å². The average molecular weight is 423 g/mol. The summed E-state index contributed by atoms with van der Waals surface area (Å²) in [6.45, 7) is 2.39. The predicted octanol–water partition coefficient (Wildman–Crippen LogP) is 2.50. The zero-order valence-corrected chi connectivity index (χ0v) is 16.4. The lowest BCUT2D eigenvalue weighted by molar-refractivity contribution is -0.0230. The summed E-state index contributed by atoms with van der Waals surface area (Å²) in [6.07, 6.45) is -2.84. The first-order valence-electron chi connectivity index (χ1n) is 8.93. The quantitative estimate of drug-likeness (QED) is 0.764. The lowest BCUT2D eigenvalue weighted by Crippen LogP contribution is -2.52. The highest BCUT2D eigenvalue weighted by molar-refractivity contribution is 6.02. The number of methoxy groups -OCH3 is 1. The van der Waals surface area contributed by atoms with E-state index in [4.69, 9.17) is 15.2 Å². The number of hydrogen-bond acceptors (Lipinski definition) is 7. The molecule has 0 fully saturated rings. The number of amidine groups is 1. The van der Waals surface area contributed by atoms with Crippen molar-refractivity contribution in [3.8, 4) is 5.88 Å². The molecule has 0 radical (unpaired) electrons. The molecule has 1 aromatic carbocycles. The number of halogens is 3. The van der Waals surface area contributed by atoms with Crippen LogP contribution in [0, 0.1) is 5.82 Å². The van der Waals surface area contributed by atoms with Crippen molar-refractivity contribution in [2.24, 2.45) is 10.7 Å². The van der Waals surface area contributed by atoms with Gasteiger partial charge in [-0.2, -0.15) is 0 Å². The monoisotopic (exact) mass is 423 g/mol. The van der Waals surface area contributed by atoms with Crippen molar-refractivity contribution in [1.82, 2.24) is 9.97 Å². The van der Waals surface area contributed by atoms with Crippen molar-refractivity contribution < 1.29 is 27.4 Å². The van der Waals surface area contributed by atoms with Gasteiger partial charge in [0.15, 0.2) is 12.3 Å². The number of nitrogens with zero attached hydrogens (tertiary/aromatic N) is 3. The van der Waals surface area contributed by atoms with E-state index in [0.29, 0.717) is 0 Å². The fraction of sp³-hybridized carbons (Fsp3) is 0.368. The highest BCUT2D eigenvalue weighted by Crippen LogP contribution is 2.40. The molecular weight excluding hydrogens is 403 g/mol. The molecule has 3 rings (SSSR count). The van der Waals surface area contributed by atoms with Gasteiger partial charge in [-0.15, -0.1) is 0 Å². The Morgan fingerprint density at radius 2 is 2.10 bits per heavy atom. The molecule has 8 nitrogen and oxygen atoms in total. The summed E-state index contributed by atoms with van der Waals surface area (Å²) < 4.78 is 53.4. The zero-order valence-electron chi connectivity index (χ0n) is 16.4. The van der Waals surface area contributed by atoms with E-state index in [1.807, 2.05) is 0 Å². The fourth-order valence-corrected chi connectivity index (χ4v) is 3.10. The minimum atomic E-state index is -2.03. The SMILES string of the molecule is COc1cnc(C(=O)Nc2ccc(F)c([C@@]3(C)N=C(N)O[C@H]([C@H](C)F)[C@@H]3F)c2)cn1. The molecule has 0 aliphatic carbocycles. The minimum Gasteiger partial charge on any atom is -0.480 e. The van der Waals surface area contributed by atoms with Gasteiger partial charge in [-0.25, -0.2) is 28.1 Å². The Morgan fingerprint density at radius 3 is 2.70 bits per heavy atom. The third-order valence-corrected chi connectivity index (χ3v) is 4.72. The molecule has 1 aromatic heterocycles. The maximum absolute atomic E-state index is 15.1. The molecule has 1 amide bonds. The summed E-state index contributed by atoms with van der Waals surface area (Å²) in [4.78, 5) is 24.1. The Labute approximate surface area is 170 Å². The molecule has 0 unspecified atom stereocenters. The smallest absolute Gasteiger partial charge is 0.283 e. The average Bonchev–Trinajstić information content (AvgIpc) is 2.71. The van der Waals surface area contributed by atoms with Crippen molar-refractivity contribution in [1.29, 1.82) is 0 Å².